The van der Waals surface area contributed by atoms with Gasteiger partial charge < -0.3 is 4.74 Å². The van der Waals surface area contributed by atoms with Crippen LogP contribution in [0.5, 0.6) is 0 Å². The lowest BCUT2D eigenvalue weighted by molar-refractivity contribution is -0.146. The van der Waals surface area contributed by atoms with E-state index in [9.17, 15) is 9.59 Å². The van der Waals surface area contributed by atoms with Gasteiger partial charge in [-0.1, -0.05) is 30.3 Å². The van der Waals surface area contributed by atoms with Crippen molar-refractivity contribution in [2.24, 2.45) is 5.92 Å². The predicted molar refractivity (Wildman–Crippen MR) is 71.4 cm³/mol. The summed E-state index contributed by atoms with van der Waals surface area (Å²) < 4.78 is 4.84. The van der Waals surface area contributed by atoms with E-state index in [0.717, 1.165) is 5.56 Å². The highest BCUT2D eigenvalue weighted by Gasteiger charge is 2.39. The van der Waals surface area contributed by atoms with E-state index in [1.54, 1.807) is 6.92 Å². The van der Waals surface area contributed by atoms with Crippen LogP contribution in [0.25, 0.3) is 0 Å². The van der Waals surface area contributed by atoms with Crippen LogP contribution in [0.15, 0.2) is 30.3 Å². The molecule has 1 heterocycles. The van der Waals surface area contributed by atoms with Gasteiger partial charge in [0, 0.05) is 19.0 Å². The molecule has 2 atom stereocenters. The average molecular weight is 261 g/mol. The van der Waals surface area contributed by atoms with Gasteiger partial charge in [0.2, 0.25) is 0 Å². The molecule has 0 unspecified atom stereocenters. The number of likely N-dealkylation sites (tertiary alicyclic amines) is 1. The van der Waals surface area contributed by atoms with E-state index in [1.165, 1.54) is 7.11 Å². The number of rotatable bonds is 4. The number of esters is 1. The van der Waals surface area contributed by atoms with Crippen LogP contribution in [0.3, 0.4) is 0 Å². The normalized spacial score (nSPS) is 23.3. The Bertz CT molecular complexity index is 458. The average Bonchev–Trinajstić information content (AvgIpc) is 2.83. The summed E-state index contributed by atoms with van der Waals surface area (Å²) >= 11 is 0. The number of carbonyl (C=O) groups is 2. The van der Waals surface area contributed by atoms with Gasteiger partial charge in [-0.05, 0) is 18.9 Å². The van der Waals surface area contributed by atoms with Crippen molar-refractivity contribution >= 4 is 11.8 Å². The van der Waals surface area contributed by atoms with Gasteiger partial charge in [-0.3, -0.25) is 14.5 Å². The summed E-state index contributed by atoms with van der Waals surface area (Å²) in [6.45, 7) is 2.89. The molecule has 0 N–H and O–H groups in total. The molecule has 1 fully saturated rings. The van der Waals surface area contributed by atoms with E-state index < -0.39 is 0 Å². The van der Waals surface area contributed by atoms with Crippen molar-refractivity contribution in [3.8, 4) is 0 Å². The van der Waals surface area contributed by atoms with Crippen molar-refractivity contribution in [1.82, 2.24) is 4.90 Å². The third kappa shape index (κ3) is 3.20. The lowest BCUT2D eigenvalue weighted by Gasteiger charge is -2.22. The number of Topliss-reactive ketones (excluding diaryl/α,β-unsaturated/α-hetero) is 1. The molecule has 4 nitrogen and oxygen atoms in total. The standard InChI is InChI=1S/C15H19NO3/c1-11(17)13-8-14(15(18)19-2)16(10-13)9-12-6-4-3-5-7-12/h3-7,13-14H,8-10H2,1-2H3/t13-,14+/m1/s1. The van der Waals surface area contributed by atoms with Gasteiger partial charge in [0.25, 0.3) is 0 Å². The monoisotopic (exact) mass is 261 g/mol. The minimum Gasteiger partial charge on any atom is -0.468 e. The zero-order valence-electron chi connectivity index (χ0n) is 11.3. The Kier molecular flexibility index (Phi) is 4.32. The zero-order valence-corrected chi connectivity index (χ0v) is 11.3. The fourth-order valence-electron chi connectivity index (χ4n) is 2.57. The Morgan fingerprint density at radius 3 is 2.58 bits per heavy atom. The fraction of sp³-hybridized carbons (Fsp3) is 0.467. The van der Waals surface area contributed by atoms with Crippen LogP contribution in [0.1, 0.15) is 18.9 Å². The van der Waals surface area contributed by atoms with Crippen molar-refractivity contribution in [3.63, 3.8) is 0 Å². The van der Waals surface area contributed by atoms with Crippen LogP contribution in [0.2, 0.25) is 0 Å². The molecule has 0 radical (unpaired) electrons. The zero-order chi connectivity index (χ0) is 13.8. The van der Waals surface area contributed by atoms with Gasteiger partial charge in [0.05, 0.1) is 7.11 Å². The Morgan fingerprint density at radius 1 is 1.32 bits per heavy atom. The summed E-state index contributed by atoms with van der Waals surface area (Å²) in [5.41, 5.74) is 1.14. The molecule has 1 aromatic carbocycles. The second-order valence-electron chi connectivity index (χ2n) is 5.00. The van der Waals surface area contributed by atoms with Crippen molar-refractivity contribution < 1.29 is 14.3 Å². The minimum absolute atomic E-state index is 0.0622. The fourth-order valence-corrected chi connectivity index (χ4v) is 2.57. The summed E-state index contributed by atoms with van der Waals surface area (Å²) in [6.07, 6.45) is 0.564. The molecule has 4 heteroatoms. The van der Waals surface area contributed by atoms with E-state index in [2.05, 4.69) is 0 Å². The Morgan fingerprint density at radius 2 is 2.00 bits per heavy atom. The van der Waals surface area contributed by atoms with Gasteiger partial charge in [0.1, 0.15) is 11.8 Å². The number of methoxy groups -OCH3 is 1. The molecule has 0 saturated carbocycles. The third-order valence-electron chi connectivity index (χ3n) is 3.68. The van der Waals surface area contributed by atoms with Crippen molar-refractivity contribution in [1.29, 1.82) is 0 Å². The SMILES string of the molecule is COC(=O)[C@@H]1C[C@@H](C(C)=O)CN1Cc1ccccc1. The summed E-state index contributed by atoms with van der Waals surface area (Å²) in [5, 5.41) is 0. The number of carbonyl (C=O) groups excluding carboxylic acids is 2. The molecule has 0 aliphatic carbocycles. The van der Waals surface area contributed by atoms with Crippen LogP contribution < -0.4 is 0 Å². The van der Waals surface area contributed by atoms with Crippen LogP contribution in [-0.2, 0) is 20.9 Å². The highest BCUT2D eigenvalue weighted by molar-refractivity contribution is 5.82. The first-order chi connectivity index (χ1) is 9.11. The van der Waals surface area contributed by atoms with E-state index in [1.807, 2.05) is 35.2 Å². The van der Waals surface area contributed by atoms with Crippen molar-refractivity contribution in [2.45, 2.75) is 25.9 Å². The Balaban J connectivity index is 2.11. The molecule has 19 heavy (non-hydrogen) atoms. The topological polar surface area (TPSA) is 46.6 Å². The summed E-state index contributed by atoms with van der Waals surface area (Å²) in [6, 6.07) is 9.65. The number of benzene rings is 1. The smallest absolute Gasteiger partial charge is 0.323 e. The molecule has 2 rings (SSSR count). The van der Waals surface area contributed by atoms with Gasteiger partial charge in [-0.25, -0.2) is 0 Å². The quantitative estimate of drug-likeness (QED) is 0.773. The molecule has 1 aromatic rings. The maximum atomic E-state index is 11.8. The van der Waals surface area contributed by atoms with Crippen LogP contribution in [0, 0.1) is 5.92 Å². The van der Waals surface area contributed by atoms with Crippen molar-refractivity contribution in [2.75, 3.05) is 13.7 Å². The Labute approximate surface area is 113 Å². The lowest BCUT2D eigenvalue weighted by Crippen LogP contribution is -2.36. The first-order valence-electron chi connectivity index (χ1n) is 6.48. The number of hydrogen-bond acceptors (Lipinski definition) is 4. The first kappa shape index (κ1) is 13.7. The van der Waals surface area contributed by atoms with Crippen molar-refractivity contribution in [3.05, 3.63) is 35.9 Å². The largest absolute Gasteiger partial charge is 0.468 e. The molecular weight excluding hydrogens is 242 g/mol. The van der Waals surface area contributed by atoms with Gasteiger partial charge in [-0.2, -0.15) is 0 Å². The maximum absolute atomic E-state index is 11.8. The molecule has 0 amide bonds. The number of nitrogens with zero attached hydrogens (tertiary/aromatic N) is 1. The number of hydrogen-bond donors (Lipinski definition) is 0. The summed E-state index contributed by atoms with van der Waals surface area (Å²) in [5.74, 6) is -0.169. The highest BCUT2D eigenvalue weighted by Crippen LogP contribution is 2.26. The first-order valence-corrected chi connectivity index (χ1v) is 6.48. The van der Waals surface area contributed by atoms with Crippen LogP contribution in [0.4, 0.5) is 0 Å². The minimum atomic E-state index is -0.306. The predicted octanol–water partition coefficient (Wildman–Crippen LogP) is 1.64. The molecular formula is C15H19NO3. The molecule has 0 bridgehead atoms. The molecule has 1 aliphatic heterocycles. The maximum Gasteiger partial charge on any atom is 0.323 e. The third-order valence-corrected chi connectivity index (χ3v) is 3.68. The summed E-state index contributed by atoms with van der Waals surface area (Å²) in [7, 11) is 1.39. The molecule has 0 spiro atoms. The summed E-state index contributed by atoms with van der Waals surface area (Å²) in [4.78, 5) is 25.4. The van der Waals surface area contributed by atoms with E-state index in [-0.39, 0.29) is 23.7 Å². The van der Waals surface area contributed by atoms with Gasteiger partial charge in [-0.15, -0.1) is 0 Å². The van der Waals surface area contributed by atoms with Crippen LogP contribution in [-0.4, -0.2) is 36.3 Å². The van der Waals surface area contributed by atoms with E-state index in [4.69, 9.17) is 4.74 Å². The molecule has 102 valence electrons. The van der Waals surface area contributed by atoms with Gasteiger partial charge >= 0.3 is 5.97 Å². The van der Waals surface area contributed by atoms with E-state index >= 15 is 0 Å². The molecule has 1 aliphatic rings. The lowest BCUT2D eigenvalue weighted by atomic mass is 10.0. The van der Waals surface area contributed by atoms with Crippen LogP contribution >= 0.6 is 0 Å². The number of ketones is 1. The molecule has 1 saturated heterocycles. The second kappa shape index (κ2) is 5.97. The molecule has 0 aromatic heterocycles. The Hall–Kier alpha value is -1.68. The highest BCUT2D eigenvalue weighted by atomic mass is 16.5. The second-order valence-corrected chi connectivity index (χ2v) is 5.00. The number of ether oxygens (including phenoxy) is 1. The van der Waals surface area contributed by atoms with Gasteiger partial charge in [0.15, 0.2) is 0 Å². The van der Waals surface area contributed by atoms with E-state index in [0.29, 0.717) is 19.5 Å².